The van der Waals surface area contributed by atoms with Gasteiger partial charge in [-0.2, -0.15) is 10.2 Å². The minimum absolute atomic E-state index is 0.0750. The van der Waals surface area contributed by atoms with Crippen LogP contribution in [0.15, 0.2) is 21.9 Å². The lowest BCUT2D eigenvalue weighted by Gasteiger charge is -2.63. The summed E-state index contributed by atoms with van der Waals surface area (Å²) in [6.07, 6.45) is 12.5. The molecular weight excluding hydrogens is 460 g/mol. The van der Waals surface area contributed by atoms with Crippen LogP contribution >= 0.6 is 0 Å². The highest BCUT2D eigenvalue weighted by Crippen LogP contribution is 2.73. The van der Waals surface area contributed by atoms with E-state index in [1.165, 1.54) is 32.8 Å². The number of hydrogen-bond acceptors (Lipinski definition) is 5. The van der Waals surface area contributed by atoms with Crippen molar-refractivity contribution in [1.29, 1.82) is 0 Å². The minimum Gasteiger partial charge on any atom is -0.468 e. The van der Waals surface area contributed by atoms with E-state index in [0.717, 1.165) is 32.1 Å². The maximum absolute atomic E-state index is 12.9. The number of ketones is 1. The highest BCUT2D eigenvalue weighted by molar-refractivity contribution is 5.85. The number of methoxy groups -OCH3 is 1. The Morgan fingerprint density at radius 2 is 1.84 bits per heavy atom. The molecule has 0 bridgehead atoms. The summed E-state index contributed by atoms with van der Waals surface area (Å²) >= 11 is 0. The summed E-state index contributed by atoms with van der Waals surface area (Å²) in [6.45, 7) is 17.0. The van der Waals surface area contributed by atoms with Crippen LogP contribution in [-0.2, 0) is 14.3 Å². The zero-order valence-electron chi connectivity index (χ0n) is 24.7. The monoisotopic (exact) mass is 510 g/mol. The van der Waals surface area contributed by atoms with Crippen LogP contribution in [0.2, 0.25) is 0 Å². The minimum atomic E-state index is -0.616. The molecule has 5 aliphatic rings. The van der Waals surface area contributed by atoms with E-state index in [0.29, 0.717) is 41.4 Å². The molecule has 206 valence electrons. The first-order valence-corrected chi connectivity index (χ1v) is 14.9. The molecule has 0 N–H and O–H groups in total. The van der Waals surface area contributed by atoms with Crippen LogP contribution in [0, 0.1) is 50.7 Å². The molecule has 5 rings (SSSR count). The quantitative estimate of drug-likeness (QED) is 0.283. The molecule has 0 radical (unpaired) electrons. The average Bonchev–Trinajstić information content (AvgIpc) is 3.37. The number of azo groups is 1. The van der Waals surface area contributed by atoms with Crippen LogP contribution < -0.4 is 0 Å². The summed E-state index contributed by atoms with van der Waals surface area (Å²) < 4.78 is 5.10. The number of esters is 1. The lowest BCUT2D eigenvalue weighted by atomic mass is 9.41. The standard InChI is InChI=1S/C32H50N2O3/c1-20(9-12-25-30(5,19-33-34-25)27(36)37-8)21-13-17-32(7)23-10-11-24-28(2,3)26(35)15-16-29(24,4)22(23)14-18-31(21,32)6/h10,20-22,24-25H,9,11-19H2,1-8H3/t20-,21-,22+,24-,25+,29+,30-,31+,32-/m0/s1. The number of ether oxygens (including phenoxy) is 1. The first-order chi connectivity index (χ1) is 17.3. The van der Waals surface area contributed by atoms with E-state index in [2.05, 4.69) is 57.8 Å². The number of nitrogens with zero attached hydrogens (tertiary/aromatic N) is 2. The Morgan fingerprint density at radius 3 is 2.54 bits per heavy atom. The fourth-order valence-electron chi connectivity index (χ4n) is 10.4. The fourth-order valence-corrected chi connectivity index (χ4v) is 10.4. The van der Waals surface area contributed by atoms with Gasteiger partial charge >= 0.3 is 5.97 Å². The predicted molar refractivity (Wildman–Crippen MR) is 146 cm³/mol. The van der Waals surface area contributed by atoms with Crippen molar-refractivity contribution in [1.82, 2.24) is 0 Å². The maximum atomic E-state index is 12.9. The van der Waals surface area contributed by atoms with Crippen molar-refractivity contribution in [2.45, 2.75) is 112 Å². The number of carbonyl (C=O) groups excluding carboxylic acids is 2. The zero-order chi connectivity index (χ0) is 27.0. The zero-order valence-corrected chi connectivity index (χ0v) is 24.7. The van der Waals surface area contributed by atoms with Gasteiger partial charge in [0.1, 0.15) is 11.2 Å². The molecule has 0 spiro atoms. The number of hydrogen-bond donors (Lipinski definition) is 0. The van der Waals surface area contributed by atoms with E-state index in [-0.39, 0.29) is 28.3 Å². The number of allylic oxidation sites excluding steroid dienone is 2. The Labute approximate surface area is 224 Å². The summed E-state index contributed by atoms with van der Waals surface area (Å²) in [4.78, 5) is 25.4. The second kappa shape index (κ2) is 8.74. The molecule has 0 amide bonds. The van der Waals surface area contributed by atoms with Crippen LogP contribution in [0.3, 0.4) is 0 Å². The van der Waals surface area contributed by atoms with Crippen LogP contribution in [0.5, 0.6) is 0 Å². The van der Waals surface area contributed by atoms with E-state index >= 15 is 0 Å². The first-order valence-electron chi connectivity index (χ1n) is 14.9. The van der Waals surface area contributed by atoms with Gasteiger partial charge in [0.05, 0.1) is 19.7 Å². The lowest BCUT2D eigenvalue weighted by Crippen LogP contribution is -2.57. The average molecular weight is 511 g/mol. The Morgan fingerprint density at radius 1 is 1.11 bits per heavy atom. The molecular formula is C32H50N2O3. The summed E-state index contributed by atoms with van der Waals surface area (Å²) in [5.41, 5.74) is 1.68. The molecule has 37 heavy (non-hydrogen) atoms. The molecule has 0 aromatic rings. The van der Waals surface area contributed by atoms with Gasteiger partial charge in [0.25, 0.3) is 0 Å². The maximum Gasteiger partial charge on any atom is 0.315 e. The second-order valence-corrected chi connectivity index (χ2v) is 15.0. The normalized spacial score (nSPS) is 47.0. The van der Waals surface area contributed by atoms with E-state index in [4.69, 9.17) is 4.74 Å². The molecule has 0 aromatic heterocycles. The molecule has 3 fully saturated rings. The third-order valence-electron chi connectivity index (χ3n) is 13.2. The van der Waals surface area contributed by atoms with Gasteiger partial charge in [-0.15, -0.1) is 0 Å². The third-order valence-corrected chi connectivity index (χ3v) is 13.2. The van der Waals surface area contributed by atoms with Crippen LogP contribution in [0.1, 0.15) is 106 Å². The summed E-state index contributed by atoms with van der Waals surface area (Å²) in [5, 5.41) is 8.72. The Hall–Kier alpha value is -1.52. The first kappa shape index (κ1) is 27.1. The molecule has 5 heteroatoms. The molecule has 0 saturated heterocycles. The summed E-state index contributed by atoms with van der Waals surface area (Å²) in [5.74, 6) is 2.63. The van der Waals surface area contributed by atoms with Crippen molar-refractivity contribution in [3.63, 3.8) is 0 Å². The molecule has 9 atom stereocenters. The van der Waals surface area contributed by atoms with E-state index in [1.807, 2.05) is 6.92 Å². The fraction of sp³-hybridized carbons (Fsp3) is 0.875. The van der Waals surface area contributed by atoms with Gasteiger partial charge < -0.3 is 4.74 Å². The second-order valence-electron chi connectivity index (χ2n) is 15.0. The molecule has 4 aliphatic carbocycles. The van der Waals surface area contributed by atoms with E-state index in [9.17, 15) is 9.59 Å². The van der Waals surface area contributed by atoms with Crippen LogP contribution in [0.25, 0.3) is 0 Å². The number of carbonyl (C=O) groups is 2. The van der Waals surface area contributed by atoms with E-state index in [1.54, 1.807) is 5.57 Å². The summed E-state index contributed by atoms with van der Waals surface area (Å²) in [7, 11) is 1.47. The van der Waals surface area contributed by atoms with Crippen molar-refractivity contribution in [2.75, 3.05) is 13.7 Å². The van der Waals surface area contributed by atoms with Crippen molar-refractivity contribution >= 4 is 11.8 Å². The van der Waals surface area contributed by atoms with Gasteiger partial charge in [0.15, 0.2) is 0 Å². The van der Waals surface area contributed by atoms with Crippen LogP contribution in [0.4, 0.5) is 0 Å². The van der Waals surface area contributed by atoms with Gasteiger partial charge in [0.2, 0.25) is 0 Å². The number of rotatable bonds is 5. The number of Topliss-reactive ketones (excluding diaryl/α,β-unsaturated/α-hetero) is 1. The van der Waals surface area contributed by atoms with Gasteiger partial charge in [-0.1, -0.05) is 53.2 Å². The largest absolute Gasteiger partial charge is 0.468 e. The Balaban J connectivity index is 1.35. The Kier molecular flexibility index (Phi) is 6.40. The van der Waals surface area contributed by atoms with Crippen molar-refractivity contribution < 1.29 is 14.3 Å². The van der Waals surface area contributed by atoms with Crippen molar-refractivity contribution in [3.05, 3.63) is 11.6 Å². The van der Waals surface area contributed by atoms with Crippen LogP contribution in [-0.4, -0.2) is 31.4 Å². The highest BCUT2D eigenvalue weighted by atomic mass is 16.5. The van der Waals surface area contributed by atoms with Crippen molar-refractivity contribution in [3.8, 4) is 0 Å². The molecule has 5 nitrogen and oxygen atoms in total. The summed E-state index contributed by atoms with van der Waals surface area (Å²) in [6, 6.07) is -0.0750. The molecule has 1 aliphatic heterocycles. The van der Waals surface area contributed by atoms with Gasteiger partial charge in [0, 0.05) is 11.8 Å². The SMILES string of the molecule is COC(=O)[C@@]1(C)CN=N[C@@H]1CC[C@H](C)[C@@H]1CC[C@@]2(C)C3=CC[C@H]4C(C)(C)C(=O)CC[C@]4(C)[C@@H]3CC[C@]12C. The third kappa shape index (κ3) is 3.60. The molecule has 1 heterocycles. The van der Waals surface area contributed by atoms with Gasteiger partial charge in [-0.05, 0) is 98.2 Å². The highest BCUT2D eigenvalue weighted by Gasteiger charge is 2.65. The smallest absolute Gasteiger partial charge is 0.315 e. The molecule has 0 unspecified atom stereocenters. The number of fused-ring (bicyclic) bond motifs is 5. The van der Waals surface area contributed by atoms with Gasteiger partial charge in [-0.3, -0.25) is 9.59 Å². The van der Waals surface area contributed by atoms with Crippen molar-refractivity contribution in [2.24, 2.45) is 61.0 Å². The molecule has 3 saturated carbocycles. The van der Waals surface area contributed by atoms with Gasteiger partial charge in [-0.25, -0.2) is 0 Å². The Bertz CT molecular complexity index is 1030. The lowest BCUT2D eigenvalue weighted by molar-refractivity contribution is -0.151. The molecule has 0 aromatic carbocycles. The predicted octanol–water partition coefficient (Wildman–Crippen LogP) is 7.59. The topological polar surface area (TPSA) is 68.1 Å². The van der Waals surface area contributed by atoms with E-state index < -0.39 is 5.41 Å².